The zero-order valence-corrected chi connectivity index (χ0v) is 7.92. The summed E-state index contributed by atoms with van der Waals surface area (Å²) in [5.41, 5.74) is 8.30. The number of hydrogen-bond donors (Lipinski definition) is 2. The smallest absolute Gasteiger partial charge is 0.236 e. The van der Waals surface area contributed by atoms with Crippen LogP contribution in [0.3, 0.4) is 0 Å². The number of carbonyl (C=O) groups is 1. The Kier molecular flexibility index (Phi) is 2.90. The second kappa shape index (κ2) is 3.94. The largest absolute Gasteiger partial charge is 0.376 e. The number of anilines is 1. The Labute approximate surface area is 77.9 Å². The molecule has 0 spiro atoms. The fourth-order valence-corrected chi connectivity index (χ4v) is 1.27. The van der Waals surface area contributed by atoms with E-state index in [1.54, 1.807) is 0 Å². The van der Waals surface area contributed by atoms with Crippen LogP contribution in [-0.2, 0) is 4.79 Å². The molecule has 3 heteroatoms. The first-order chi connectivity index (χ1) is 6.08. The standard InChI is InChI=1S/C10H14N2O/c1-7-3-8(2)5-9(4-7)12-6-10(11)13/h3-5,12H,6H2,1-2H3,(H2,11,13). The van der Waals surface area contributed by atoms with E-state index in [0.717, 1.165) is 5.69 Å². The van der Waals surface area contributed by atoms with Gasteiger partial charge < -0.3 is 11.1 Å². The maximum Gasteiger partial charge on any atom is 0.236 e. The number of carbonyl (C=O) groups excluding carboxylic acids is 1. The van der Waals surface area contributed by atoms with Crippen LogP contribution in [0.5, 0.6) is 0 Å². The molecule has 0 atom stereocenters. The highest BCUT2D eigenvalue weighted by atomic mass is 16.1. The molecule has 0 aliphatic heterocycles. The summed E-state index contributed by atoms with van der Waals surface area (Å²) in [5, 5.41) is 2.95. The average molecular weight is 178 g/mol. The number of nitrogens with one attached hydrogen (secondary N) is 1. The second-order valence-corrected chi connectivity index (χ2v) is 3.20. The number of rotatable bonds is 3. The number of primary amides is 1. The van der Waals surface area contributed by atoms with Crippen molar-refractivity contribution < 1.29 is 4.79 Å². The van der Waals surface area contributed by atoms with Crippen LogP contribution in [0.1, 0.15) is 11.1 Å². The molecule has 0 fully saturated rings. The normalized spacial score (nSPS) is 9.69. The second-order valence-electron chi connectivity index (χ2n) is 3.20. The van der Waals surface area contributed by atoms with E-state index in [1.165, 1.54) is 11.1 Å². The third-order valence-corrected chi connectivity index (χ3v) is 1.69. The lowest BCUT2D eigenvalue weighted by molar-refractivity contribution is -0.116. The quantitative estimate of drug-likeness (QED) is 0.730. The Morgan fingerprint density at radius 3 is 2.31 bits per heavy atom. The van der Waals surface area contributed by atoms with Crippen LogP contribution in [0.2, 0.25) is 0 Å². The van der Waals surface area contributed by atoms with Gasteiger partial charge in [-0.1, -0.05) is 6.07 Å². The van der Waals surface area contributed by atoms with Gasteiger partial charge in [0, 0.05) is 5.69 Å². The fraction of sp³-hybridized carbons (Fsp3) is 0.300. The predicted molar refractivity (Wildman–Crippen MR) is 53.6 cm³/mol. The predicted octanol–water partition coefficient (Wildman–Crippen LogP) is 1.20. The summed E-state index contributed by atoms with van der Waals surface area (Å²) in [6.07, 6.45) is 0. The zero-order chi connectivity index (χ0) is 9.84. The Morgan fingerprint density at radius 1 is 1.31 bits per heavy atom. The number of benzene rings is 1. The van der Waals surface area contributed by atoms with E-state index in [-0.39, 0.29) is 12.5 Å². The molecule has 0 aliphatic rings. The number of nitrogens with two attached hydrogens (primary N) is 1. The van der Waals surface area contributed by atoms with Crippen LogP contribution in [0.25, 0.3) is 0 Å². The molecule has 1 aromatic rings. The fourth-order valence-electron chi connectivity index (χ4n) is 1.27. The summed E-state index contributed by atoms with van der Waals surface area (Å²) in [6.45, 7) is 4.22. The molecule has 1 amide bonds. The molecular formula is C10H14N2O. The van der Waals surface area contributed by atoms with E-state index in [2.05, 4.69) is 11.4 Å². The van der Waals surface area contributed by atoms with E-state index in [1.807, 2.05) is 26.0 Å². The third kappa shape index (κ3) is 3.15. The van der Waals surface area contributed by atoms with Crippen LogP contribution < -0.4 is 11.1 Å². The molecule has 0 unspecified atom stereocenters. The minimum atomic E-state index is -0.348. The van der Waals surface area contributed by atoms with E-state index < -0.39 is 0 Å². The molecule has 13 heavy (non-hydrogen) atoms. The molecule has 3 N–H and O–H groups in total. The first-order valence-corrected chi connectivity index (χ1v) is 4.18. The lowest BCUT2D eigenvalue weighted by Crippen LogP contribution is -2.21. The average Bonchev–Trinajstić information content (AvgIpc) is 1.99. The molecular weight excluding hydrogens is 164 g/mol. The van der Waals surface area contributed by atoms with E-state index in [0.29, 0.717) is 0 Å². The molecule has 1 aromatic carbocycles. The summed E-state index contributed by atoms with van der Waals surface area (Å²) < 4.78 is 0. The number of amides is 1. The topological polar surface area (TPSA) is 55.1 Å². The van der Waals surface area contributed by atoms with Gasteiger partial charge in [-0.15, -0.1) is 0 Å². The van der Waals surface area contributed by atoms with Crippen LogP contribution in [-0.4, -0.2) is 12.5 Å². The van der Waals surface area contributed by atoms with Crippen molar-refractivity contribution in [3.63, 3.8) is 0 Å². The molecule has 3 nitrogen and oxygen atoms in total. The molecule has 70 valence electrons. The van der Waals surface area contributed by atoms with Crippen molar-refractivity contribution in [1.29, 1.82) is 0 Å². The molecule has 1 rings (SSSR count). The monoisotopic (exact) mass is 178 g/mol. The molecule has 0 radical (unpaired) electrons. The van der Waals surface area contributed by atoms with Gasteiger partial charge in [-0.3, -0.25) is 4.79 Å². The Morgan fingerprint density at radius 2 is 1.85 bits per heavy atom. The molecule has 0 saturated carbocycles. The first kappa shape index (κ1) is 9.58. The van der Waals surface area contributed by atoms with E-state index >= 15 is 0 Å². The molecule has 0 bridgehead atoms. The Bertz CT molecular complexity index is 300. The van der Waals surface area contributed by atoms with Gasteiger partial charge in [-0.05, 0) is 37.1 Å². The third-order valence-electron chi connectivity index (χ3n) is 1.69. The lowest BCUT2D eigenvalue weighted by Gasteiger charge is -2.06. The summed E-state index contributed by atoms with van der Waals surface area (Å²) in [7, 11) is 0. The van der Waals surface area contributed by atoms with Crippen molar-refractivity contribution in [2.24, 2.45) is 5.73 Å². The van der Waals surface area contributed by atoms with Crippen molar-refractivity contribution in [2.45, 2.75) is 13.8 Å². The minimum absolute atomic E-state index is 0.183. The van der Waals surface area contributed by atoms with Gasteiger partial charge in [0.05, 0.1) is 6.54 Å². The van der Waals surface area contributed by atoms with Crippen molar-refractivity contribution in [3.8, 4) is 0 Å². The van der Waals surface area contributed by atoms with Crippen molar-refractivity contribution >= 4 is 11.6 Å². The highest BCUT2D eigenvalue weighted by molar-refractivity contribution is 5.78. The SMILES string of the molecule is Cc1cc(C)cc(NCC(N)=O)c1. The van der Waals surface area contributed by atoms with E-state index in [9.17, 15) is 4.79 Å². The Hall–Kier alpha value is -1.51. The van der Waals surface area contributed by atoms with Gasteiger partial charge in [-0.2, -0.15) is 0 Å². The van der Waals surface area contributed by atoms with Crippen molar-refractivity contribution in [2.75, 3.05) is 11.9 Å². The van der Waals surface area contributed by atoms with Gasteiger partial charge in [0.1, 0.15) is 0 Å². The molecule has 0 aliphatic carbocycles. The maximum atomic E-state index is 10.5. The van der Waals surface area contributed by atoms with Gasteiger partial charge in [0.2, 0.25) is 5.91 Å². The minimum Gasteiger partial charge on any atom is -0.376 e. The summed E-state index contributed by atoms with van der Waals surface area (Å²) in [5.74, 6) is -0.348. The zero-order valence-electron chi connectivity index (χ0n) is 7.92. The van der Waals surface area contributed by atoms with Crippen molar-refractivity contribution in [3.05, 3.63) is 29.3 Å². The maximum absolute atomic E-state index is 10.5. The van der Waals surface area contributed by atoms with Gasteiger partial charge in [0.15, 0.2) is 0 Å². The van der Waals surface area contributed by atoms with Crippen LogP contribution >= 0.6 is 0 Å². The summed E-state index contributed by atoms with van der Waals surface area (Å²) in [4.78, 5) is 10.5. The van der Waals surface area contributed by atoms with E-state index in [4.69, 9.17) is 5.73 Å². The van der Waals surface area contributed by atoms with Crippen LogP contribution in [0, 0.1) is 13.8 Å². The Balaban J connectivity index is 2.71. The van der Waals surface area contributed by atoms with Crippen LogP contribution in [0.4, 0.5) is 5.69 Å². The van der Waals surface area contributed by atoms with Gasteiger partial charge >= 0.3 is 0 Å². The van der Waals surface area contributed by atoms with Crippen molar-refractivity contribution in [1.82, 2.24) is 0 Å². The first-order valence-electron chi connectivity index (χ1n) is 4.18. The highest BCUT2D eigenvalue weighted by Gasteiger charge is 1.96. The van der Waals surface area contributed by atoms with Gasteiger partial charge in [-0.25, -0.2) is 0 Å². The summed E-state index contributed by atoms with van der Waals surface area (Å²) in [6, 6.07) is 6.04. The van der Waals surface area contributed by atoms with Crippen LogP contribution in [0.15, 0.2) is 18.2 Å². The number of aryl methyl sites for hydroxylation is 2. The summed E-state index contributed by atoms with van der Waals surface area (Å²) >= 11 is 0. The lowest BCUT2D eigenvalue weighted by atomic mass is 10.1. The van der Waals surface area contributed by atoms with Gasteiger partial charge in [0.25, 0.3) is 0 Å². The molecule has 0 saturated heterocycles. The number of hydrogen-bond acceptors (Lipinski definition) is 2. The molecule has 0 heterocycles. The highest BCUT2D eigenvalue weighted by Crippen LogP contribution is 2.12. The molecule has 0 aromatic heterocycles.